The van der Waals surface area contributed by atoms with Gasteiger partial charge < -0.3 is 10.5 Å². The molecule has 0 aliphatic rings. The Labute approximate surface area is 76.3 Å². The molecule has 0 aliphatic carbocycles. The third-order valence-corrected chi connectivity index (χ3v) is 1.38. The summed E-state index contributed by atoms with van der Waals surface area (Å²) in [5.74, 6) is -0.539. The molecule has 0 saturated carbocycles. The van der Waals surface area contributed by atoms with E-state index in [4.69, 9.17) is 17.3 Å². The summed E-state index contributed by atoms with van der Waals surface area (Å²) in [6.45, 7) is 0. The first-order chi connectivity index (χ1) is 5.88. The molecule has 0 fully saturated rings. The van der Waals surface area contributed by atoms with E-state index in [-0.39, 0.29) is 10.8 Å². The lowest BCUT2D eigenvalue weighted by Crippen LogP contribution is -2.17. The highest BCUT2D eigenvalue weighted by Gasteiger charge is 2.31. The van der Waals surface area contributed by atoms with Gasteiger partial charge >= 0.3 is 6.36 Å². The summed E-state index contributed by atoms with van der Waals surface area (Å²) in [6.07, 6.45) is -3.91. The van der Waals surface area contributed by atoms with E-state index in [9.17, 15) is 13.2 Å². The van der Waals surface area contributed by atoms with Crippen molar-refractivity contribution in [1.82, 2.24) is 4.98 Å². The number of anilines is 1. The van der Waals surface area contributed by atoms with Crippen LogP contribution in [0.3, 0.4) is 0 Å². The van der Waals surface area contributed by atoms with Gasteiger partial charge in [-0.3, -0.25) is 0 Å². The Hall–Kier alpha value is -1.17. The molecule has 0 aliphatic heterocycles. The molecule has 0 saturated heterocycles. The lowest BCUT2D eigenvalue weighted by Gasteiger charge is -2.08. The number of rotatable bonds is 1. The fraction of sp³-hybridized carbons (Fsp3) is 0.167. The maximum Gasteiger partial charge on any atom is 0.573 e. The minimum Gasteiger partial charge on any atom is -0.404 e. The molecule has 2 N–H and O–H groups in total. The van der Waals surface area contributed by atoms with Crippen LogP contribution in [0.5, 0.6) is 5.75 Å². The van der Waals surface area contributed by atoms with Crippen LogP contribution in [0.2, 0.25) is 5.02 Å². The Morgan fingerprint density at radius 2 is 2.08 bits per heavy atom. The van der Waals surface area contributed by atoms with Gasteiger partial charge in [0.15, 0.2) is 0 Å². The maximum absolute atomic E-state index is 11.6. The van der Waals surface area contributed by atoms with Crippen LogP contribution >= 0.6 is 11.6 Å². The molecule has 3 nitrogen and oxygen atoms in total. The Kier molecular flexibility index (Phi) is 2.51. The smallest absolute Gasteiger partial charge is 0.404 e. The molecule has 72 valence electrons. The second-order valence-electron chi connectivity index (χ2n) is 2.09. The Morgan fingerprint density at radius 1 is 1.46 bits per heavy atom. The number of hydrogen-bond donors (Lipinski definition) is 1. The molecular formula is C6H4ClF3N2O. The second kappa shape index (κ2) is 3.29. The highest BCUT2D eigenvalue weighted by atomic mass is 35.5. The average molecular weight is 213 g/mol. The molecule has 0 bridgehead atoms. The van der Waals surface area contributed by atoms with Crippen LogP contribution in [-0.4, -0.2) is 11.3 Å². The zero-order chi connectivity index (χ0) is 10.1. The van der Waals surface area contributed by atoms with Crippen molar-refractivity contribution in [3.8, 4) is 5.75 Å². The molecular weight excluding hydrogens is 209 g/mol. The van der Waals surface area contributed by atoms with Crippen molar-refractivity contribution in [3.63, 3.8) is 0 Å². The zero-order valence-corrected chi connectivity index (χ0v) is 6.86. The van der Waals surface area contributed by atoms with Crippen molar-refractivity contribution in [2.75, 3.05) is 5.73 Å². The number of halogens is 4. The van der Waals surface area contributed by atoms with E-state index in [1.165, 1.54) is 0 Å². The van der Waals surface area contributed by atoms with Gasteiger partial charge in [0.25, 0.3) is 0 Å². The van der Waals surface area contributed by atoms with Gasteiger partial charge in [-0.1, -0.05) is 11.6 Å². The van der Waals surface area contributed by atoms with E-state index < -0.39 is 12.1 Å². The molecule has 0 aromatic carbocycles. The predicted octanol–water partition coefficient (Wildman–Crippen LogP) is 2.22. The third-order valence-electron chi connectivity index (χ3n) is 1.08. The van der Waals surface area contributed by atoms with Crippen LogP contribution in [0.1, 0.15) is 0 Å². The monoisotopic (exact) mass is 212 g/mol. The first kappa shape index (κ1) is 9.91. The molecule has 7 heteroatoms. The Balaban J connectivity index is 2.86. The summed E-state index contributed by atoms with van der Waals surface area (Å²) in [6, 6.07) is 0.942. The Bertz CT molecular complexity index is 315. The van der Waals surface area contributed by atoms with Crippen molar-refractivity contribution >= 4 is 17.4 Å². The number of ether oxygens (including phenoxy) is 1. The van der Waals surface area contributed by atoms with Crippen molar-refractivity contribution in [1.29, 1.82) is 0 Å². The quantitative estimate of drug-likeness (QED) is 0.777. The standard InChI is InChI=1S/C6H4ClF3N2O/c7-4-1-3(2-12-5(4)11)13-6(8,9)10/h1-2H,(H2,11,12). The van der Waals surface area contributed by atoms with Gasteiger partial charge in [-0.2, -0.15) is 0 Å². The molecule has 0 unspecified atom stereocenters. The summed E-state index contributed by atoms with van der Waals surface area (Å²) in [5, 5.41) is -0.0817. The lowest BCUT2D eigenvalue weighted by molar-refractivity contribution is -0.274. The molecule has 0 atom stereocenters. The number of nitrogens with two attached hydrogens (primary N) is 1. The van der Waals surface area contributed by atoms with E-state index in [0.29, 0.717) is 0 Å². The molecule has 1 aromatic heterocycles. The van der Waals surface area contributed by atoms with Crippen LogP contribution in [0.15, 0.2) is 12.3 Å². The lowest BCUT2D eigenvalue weighted by atomic mass is 10.4. The molecule has 0 amide bonds. The zero-order valence-electron chi connectivity index (χ0n) is 6.10. The normalized spacial score (nSPS) is 11.4. The molecule has 0 radical (unpaired) electrons. The first-order valence-corrected chi connectivity index (χ1v) is 3.43. The van der Waals surface area contributed by atoms with Gasteiger partial charge in [-0.05, 0) is 0 Å². The van der Waals surface area contributed by atoms with Crippen molar-refractivity contribution < 1.29 is 17.9 Å². The van der Waals surface area contributed by atoms with Gasteiger partial charge in [0.05, 0.1) is 11.2 Å². The molecule has 1 rings (SSSR count). The van der Waals surface area contributed by atoms with Gasteiger partial charge in [-0.15, -0.1) is 13.2 Å². The summed E-state index contributed by atoms with van der Waals surface area (Å²) < 4.78 is 38.5. The largest absolute Gasteiger partial charge is 0.573 e. The fourth-order valence-corrected chi connectivity index (χ4v) is 0.777. The van der Waals surface area contributed by atoms with E-state index in [2.05, 4.69) is 9.72 Å². The highest BCUT2D eigenvalue weighted by molar-refractivity contribution is 6.32. The molecule has 13 heavy (non-hydrogen) atoms. The van der Waals surface area contributed by atoms with Gasteiger partial charge in [0.1, 0.15) is 11.6 Å². The van der Waals surface area contributed by atoms with Gasteiger partial charge in [-0.25, -0.2) is 4.98 Å². The van der Waals surface area contributed by atoms with Crippen LogP contribution < -0.4 is 10.5 Å². The van der Waals surface area contributed by atoms with Crippen LogP contribution in [0.25, 0.3) is 0 Å². The predicted molar refractivity (Wildman–Crippen MR) is 40.3 cm³/mol. The summed E-state index contributed by atoms with van der Waals surface area (Å²) in [4.78, 5) is 3.38. The number of pyridine rings is 1. The van der Waals surface area contributed by atoms with Crippen molar-refractivity contribution in [3.05, 3.63) is 17.3 Å². The number of hydrogen-bond acceptors (Lipinski definition) is 3. The number of nitrogens with zero attached hydrogens (tertiary/aromatic N) is 1. The second-order valence-corrected chi connectivity index (χ2v) is 2.49. The average Bonchev–Trinajstić information content (AvgIpc) is 1.94. The Morgan fingerprint density at radius 3 is 2.54 bits per heavy atom. The van der Waals surface area contributed by atoms with Gasteiger partial charge in [0.2, 0.25) is 0 Å². The van der Waals surface area contributed by atoms with E-state index >= 15 is 0 Å². The van der Waals surface area contributed by atoms with Crippen molar-refractivity contribution in [2.45, 2.75) is 6.36 Å². The molecule has 0 spiro atoms. The minimum absolute atomic E-state index is 0.0452. The highest BCUT2D eigenvalue weighted by Crippen LogP contribution is 2.26. The van der Waals surface area contributed by atoms with Gasteiger partial charge in [0, 0.05) is 6.07 Å². The molecule has 1 heterocycles. The first-order valence-electron chi connectivity index (χ1n) is 3.05. The van der Waals surface area contributed by atoms with Crippen molar-refractivity contribution in [2.24, 2.45) is 0 Å². The number of alkyl halides is 3. The van der Waals surface area contributed by atoms with Crippen LogP contribution in [-0.2, 0) is 0 Å². The van der Waals surface area contributed by atoms with E-state index in [1.807, 2.05) is 0 Å². The molecule has 1 aromatic rings. The summed E-state index contributed by atoms with van der Waals surface area (Å²) >= 11 is 5.41. The van der Waals surface area contributed by atoms with Crippen LogP contribution in [0.4, 0.5) is 19.0 Å². The summed E-state index contributed by atoms with van der Waals surface area (Å²) in [5.41, 5.74) is 5.17. The SMILES string of the molecule is Nc1ncc(OC(F)(F)F)cc1Cl. The number of aromatic nitrogens is 1. The van der Waals surface area contributed by atoms with E-state index in [1.54, 1.807) is 0 Å². The topological polar surface area (TPSA) is 48.1 Å². The third kappa shape index (κ3) is 2.98. The van der Waals surface area contributed by atoms with Crippen LogP contribution in [0, 0.1) is 0 Å². The number of nitrogen functional groups attached to an aromatic ring is 1. The minimum atomic E-state index is -4.75. The fourth-order valence-electron chi connectivity index (χ4n) is 0.620. The maximum atomic E-state index is 11.6. The summed E-state index contributed by atoms with van der Waals surface area (Å²) in [7, 11) is 0. The van der Waals surface area contributed by atoms with E-state index in [0.717, 1.165) is 12.3 Å².